The lowest BCUT2D eigenvalue weighted by atomic mass is 9.87. The van der Waals surface area contributed by atoms with Crippen LogP contribution in [0.5, 0.6) is 0 Å². The van der Waals surface area contributed by atoms with Crippen LogP contribution in [0, 0.1) is 0 Å². The molecule has 1 spiro atoms. The van der Waals surface area contributed by atoms with Gasteiger partial charge in [0.25, 0.3) is 0 Å². The third-order valence-electron chi connectivity index (χ3n) is 3.79. The van der Waals surface area contributed by atoms with E-state index in [0.29, 0.717) is 5.54 Å². The molecule has 80 valence electrons. The van der Waals surface area contributed by atoms with Crippen molar-refractivity contribution >= 4 is 0 Å². The summed E-state index contributed by atoms with van der Waals surface area (Å²) in [7, 11) is 0. The lowest BCUT2D eigenvalue weighted by molar-refractivity contribution is 0.199. The summed E-state index contributed by atoms with van der Waals surface area (Å²) in [5.74, 6) is 0. The first-order chi connectivity index (χ1) is 7.36. The first kappa shape index (κ1) is 9.37. The largest absolute Gasteiger partial charge is 0.310 e. The summed E-state index contributed by atoms with van der Waals surface area (Å²) in [5, 5.41) is 3.59. The molecule has 2 fully saturated rings. The Balaban J connectivity index is 1.61. The molecule has 3 rings (SSSR count). The Morgan fingerprint density at radius 3 is 2.60 bits per heavy atom. The van der Waals surface area contributed by atoms with Gasteiger partial charge in [-0.15, -0.1) is 0 Å². The van der Waals surface area contributed by atoms with Crippen LogP contribution in [0.4, 0.5) is 0 Å². The van der Waals surface area contributed by atoms with E-state index >= 15 is 0 Å². The maximum absolute atomic E-state index is 3.59. The fourth-order valence-electron chi connectivity index (χ4n) is 2.76. The molecule has 2 nitrogen and oxygen atoms in total. The summed E-state index contributed by atoms with van der Waals surface area (Å²) in [6.07, 6.45) is 2.71. The number of hydrogen-bond donors (Lipinski definition) is 1. The molecule has 0 amide bonds. The Morgan fingerprint density at radius 1 is 1.20 bits per heavy atom. The molecule has 0 aliphatic carbocycles. The van der Waals surface area contributed by atoms with Crippen molar-refractivity contribution in [1.82, 2.24) is 10.2 Å². The molecular weight excluding hydrogens is 184 g/mol. The summed E-state index contributed by atoms with van der Waals surface area (Å²) in [5.41, 5.74) is 1.93. The van der Waals surface area contributed by atoms with Gasteiger partial charge in [0.1, 0.15) is 0 Å². The van der Waals surface area contributed by atoms with E-state index in [1.807, 2.05) is 0 Å². The predicted octanol–water partition coefficient (Wildman–Crippen LogP) is 1.62. The van der Waals surface area contributed by atoms with E-state index in [2.05, 4.69) is 40.5 Å². The van der Waals surface area contributed by atoms with Crippen LogP contribution in [-0.2, 0) is 6.54 Å². The van der Waals surface area contributed by atoms with Crippen molar-refractivity contribution in [2.24, 2.45) is 0 Å². The maximum Gasteiger partial charge on any atom is 0.0333 e. The first-order valence-electron chi connectivity index (χ1n) is 5.88. The molecule has 1 atom stereocenters. The highest BCUT2D eigenvalue weighted by molar-refractivity contribution is 5.15. The Bertz CT molecular complexity index is 330. The molecule has 0 radical (unpaired) electrons. The summed E-state index contributed by atoms with van der Waals surface area (Å²) in [6.45, 7) is 4.83. The molecular formula is C13H18N2. The molecule has 2 saturated heterocycles. The molecule has 0 saturated carbocycles. The van der Waals surface area contributed by atoms with Gasteiger partial charge in [0.2, 0.25) is 0 Å². The molecule has 15 heavy (non-hydrogen) atoms. The van der Waals surface area contributed by atoms with E-state index in [0.717, 1.165) is 6.54 Å². The molecule has 2 aliphatic rings. The zero-order valence-corrected chi connectivity index (χ0v) is 9.08. The van der Waals surface area contributed by atoms with Crippen LogP contribution in [0.2, 0.25) is 0 Å². The van der Waals surface area contributed by atoms with Crippen molar-refractivity contribution < 1.29 is 0 Å². The van der Waals surface area contributed by atoms with Gasteiger partial charge in [0.15, 0.2) is 0 Å². The minimum atomic E-state index is 0.495. The molecule has 1 aromatic carbocycles. The monoisotopic (exact) mass is 202 g/mol. The lowest BCUT2D eigenvalue weighted by Crippen LogP contribution is -2.58. The molecule has 2 heteroatoms. The molecule has 2 heterocycles. The zero-order valence-electron chi connectivity index (χ0n) is 9.08. The van der Waals surface area contributed by atoms with E-state index in [1.165, 1.54) is 38.0 Å². The van der Waals surface area contributed by atoms with Crippen LogP contribution in [0.3, 0.4) is 0 Å². The second-order valence-corrected chi connectivity index (χ2v) is 4.90. The Morgan fingerprint density at radius 2 is 2.00 bits per heavy atom. The minimum Gasteiger partial charge on any atom is -0.310 e. The summed E-state index contributed by atoms with van der Waals surface area (Å²) in [6, 6.07) is 10.8. The highest BCUT2D eigenvalue weighted by Gasteiger charge is 2.42. The highest BCUT2D eigenvalue weighted by Crippen LogP contribution is 2.30. The van der Waals surface area contributed by atoms with Gasteiger partial charge in [-0.3, -0.25) is 4.90 Å². The first-order valence-corrected chi connectivity index (χ1v) is 5.88. The van der Waals surface area contributed by atoms with Gasteiger partial charge < -0.3 is 5.32 Å². The quantitative estimate of drug-likeness (QED) is 0.784. The van der Waals surface area contributed by atoms with Crippen molar-refractivity contribution in [2.45, 2.75) is 24.9 Å². The van der Waals surface area contributed by atoms with Crippen molar-refractivity contribution in [3.05, 3.63) is 35.9 Å². The van der Waals surface area contributed by atoms with E-state index in [9.17, 15) is 0 Å². The molecule has 1 aromatic rings. The number of nitrogens with zero attached hydrogens (tertiary/aromatic N) is 1. The van der Waals surface area contributed by atoms with Crippen molar-refractivity contribution in [3.63, 3.8) is 0 Å². The van der Waals surface area contributed by atoms with Gasteiger partial charge in [-0.05, 0) is 24.9 Å². The molecule has 2 aliphatic heterocycles. The van der Waals surface area contributed by atoms with Gasteiger partial charge in [-0.1, -0.05) is 30.3 Å². The Labute approximate surface area is 91.3 Å². The standard InChI is InChI=1S/C13H18N2/c1-2-4-12(5-3-1)10-15-9-7-13(11-15)6-8-14-13/h1-5,14H,6-11H2/t13-/m0/s1. The molecule has 1 N–H and O–H groups in total. The zero-order chi connectivity index (χ0) is 10.1. The van der Waals surface area contributed by atoms with Crippen LogP contribution < -0.4 is 5.32 Å². The maximum atomic E-state index is 3.59. The van der Waals surface area contributed by atoms with Gasteiger partial charge >= 0.3 is 0 Å². The van der Waals surface area contributed by atoms with Crippen molar-refractivity contribution in [3.8, 4) is 0 Å². The van der Waals surface area contributed by atoms with E-state index < -0.39 is 0 Å². The smallest absolute Gasteiger partial charge is 0.0333 e. The second kappa shape index (κ2) is 3.62. The number of nitrogens with one attached hydrogen (secondary N) is 1. The molecule has 0 unspecified atom stereocenters. The van der Waals surface area contributed by atoms with Crippen LogP contribution in [0.25, 0.3) is 0 Å². The van der Waals surface area contributed by atoms with Gasteiger partial charge in [0, 0.05) is 25.2 Å². The minimum absolute atomic E-state index is 0.495. The van der Waals surface area contributed by atoms with Crippen molar-refractivity contribution in [2.75, 3.05) is 19.6 Å². The second-order valence-electron chi connectivity index (χ2n) is 4.90. The fraction of sp³-hybridized carbons (Fsp3) is 0.538. The average molecular weight is 202 g/mol. The third-order valence-corrected chi connectivity index (χ3v) is 3.79. The summed E-state index contributed by atoms with van der Waals surface area (Å²) in [4.78, 5) is 2.57. The van der Waals surface area contributed by atoms with Crippen LogP contribution in [-0.4, -0.2) is 30.1 Å². The van der Waals surface area contributed by atoms with Crippen LogP contribution in [0.1, 0.15) is 18.4 Å². The predicted molar refractivity (Wildman–Crippen MR) is 61.7 cm³/mol. The number of likely N-dealkylation sites (tertiary alicyclic amines) is 1. The summed E-state index contributed by atoms with van der Waals surface area (Å²) < 4.78 is 0. The number of hydrogen-bond acceptors (Lipinski definition) is 2. The normalized spacial score (nSPS) is 30.7. The SMILES string of the molecule is c1ccc(CN2CC[C@@]3(CCN3)C2)cc1. The molecule has 0 aromatic heterocycles. The van der Waals surface area contributed by atoms with E-state index in [4.69, 9.17) is 0 Å². The highest BCUT2D eigenvalue weighted by atomic mass is 15.2. The summed E-state index contributed by atoms with van der Waals surface area (Å²) >= 11 is 0. The third kappa shape index (κ3) is 1.80. The fourth-order valence-corrected chi connectivity index (χ4v) is 2.76. The van der Waals surface area contributed by atoms with Gasteiger partial charge in [0.05, 0.1) is 0 Å². The topological polar surface area (TPSA) is 15.3 Å². The molecule has 0 bridgehead atoms. The Hall–Kier alpha value is -0.860. The van der Waals surface area contributed by atoms with Gasteiger partial charge in [-0.25, -0.2) is 0 Å². The van der Waals surface area contributed by atoms with Gasteiger partial charge in [-0.2, -0.15) is 0 Å². The lowest BCUT2D eigenvalue weighted by Gasteiger charge is -2.40. The van der Waals surface area contributed by atoms with E-state index in [-0.39, 0.29) is 0 Å². The number of rotatable bonds is 2. The number of benzene rings is 1. The van der Waals surface area contributed by atoms with E-state index in [1.54, 1.807) is 0 Å². The van der Waals surface area contributed by atoms with Crippen LogP contribution in [0.15, 0.2) is 30.3 Å². The Kier molecular flexibility index (Phi) is 2.26. The average Bonchev–Trinajstić information content (AvgIpc) is 2.63. The van der Waals surface area contributed by atoms with Crippen LogP contribution >= 0.6 is 0 Å². The van der Waals surface area contributed by atoms with Crippen molar-refractivity contribution in [1.29, 1.82) is 0 Å².